The molecule has 0 aromatic carbocycles. The smallest absolute Gasteiger partial charge is 0.356 e. The second-order valence-electron chi connectivity index (χ2n) is 8.11. The van der Waals surface area contributed by atoms with Gasteiger partial charge in [0.25, 0.3) is 0 Å². The molecule has 33 heavy (non-hydrogen) atoms. The normalized spacial score (nSPS) is 18.3. The average molecular weight is 484 g/mol. The zero-order chi connectivity index (χ0) is 23.4. The summed E-state index contributed by atoms with van der Waals surface area (Å²) in [4.78, 5) is 32.6. The number of pyridine rings is 1. The van der Waals surface area contributed by atoms with Gasteiger partial charge < -0.3 is 20.4 Å². The van der Waals surface area contributed by atoms with Crippen molar-refractivity contribution in [2.75, 3.05) is 36.4 Å². The molecule has 2 N–H and O–H groups in total. The predicted molar refractivity (Wildman–Crippen MR) is 116 cm³/mol. The van der Waals surface area contributed by atoms with Crippen LogP contribution in [-0.4, -0.2) is 64.2 Å². The molecule has 4 heterocycles. The van der Waals surface area contributed by atoms with E-state index in [1.807, 2.05) is 4.90 Å². The number of halogens is 3. The van der Waals surface area contributed by atoms with E-state index in [0.717, 1.165) is 12.3 Å². The summed E-state index contributed by atoms with van der Waals surface area (Å²) in [5, 5.41) is 13.8. The molecule has 0 bridgehead atoms. The van der Waals surface area contributed by atoms with E-state index in [9.17, 15) is 22.8 Å². The Hall–Kier alpha value is -2.96. The highest BCUT2D eigenvalue weighted by Crippen LogP contribution is 2.30. The van der Waals surface area contributed by atoms with Crippen LogP contribution in [0, 0.1) is 5.92 Å². The Morgan fingerprint density at radius 3 is 2.36 bits per heavy atom. The van der Waals surface area contributed by atoms with Gasteiger partial charge in [0.2, 0.25) is 11.0 Å². The molecule has 0 radical (unpaired) electrons. The molecule has 9 nitrogen and oxygen atoms in total. The molecular weight excluding hydrogens is 459 g/mol. The van der Waals surface area contributed by atoms with E-state index >= 15 is 0 Å². The maximum atomic E-state index is 12.7. The van der Waals surface area contributed by atoms with Gasteiger partial charge in [-0.05, 0) is 37.8 Å². The summed E-state index contributed by atoms with van der Waals surface area (Å²) in [6.45, 7) is 2.18. The van der Waals surface area contributed by atoms with Crippen molar-refractivity contribution >= 4 is 34.2 Å². The summed E-state index contributed by atoms with van der Waals surface area (Å²) in [5.41, 5.74) is 0.780. The number of hydrogen-bond acceptors (Lipinski definition) is 7. The zero-order valence-electron chi connectivity index (χ0n) is 17.7. The maximum Gasteiger partial charge on any atom is 0.417 e. The molecule has 0 atom stereocenters. The summed E-state index contributed by atoms with van der Waals surface area (Å²) < 4.78 is 38.1. The van der Waals surface area contributed by atoms with Crippen molar-refractivity contribution < 1.29 is 22.8 Å². The Bertz CT molecular complexity index is 940. The van der Waals surface area contributed by atoms with Gasteiger partial charge in [-0.1, -0.05) is 11.3 Å². The van der Waals surface area contributed by atoms with Crippen LogP contribution in [0.2, 0.25) is 0 Å². The minimum Gasteiger partial charge on any atom is -0.356 e. The van der Waals surface area contributed by atoms with Crippen molar-refractivity contribution in [2.45, 2.75) is 37.9 Å². The van der Waals surface area contributed by atoms with Crippen molar-refractivity contribution in [1.29, 1.82) is 0 Å². The molecule has 2 fully saturated rings. The Kier molecular flexibility index (Phi) is 6.96. The topological polar surface area (TPSA) is 103 Å². The quantitative estimate of drug-likeness (QED) is 0.693. The van der Waals surface area contributed by atoms with E-state index in [-0.39, 0.29) is 23.9 Å². The molecule has 13 heteroatoms. The number of carbonyl (C=O) groups excluding carboxylic acids is 2. The number of aromatic nitrogens is 3. The number of amides is 3. The lowest BCUT2D eigenvalue weighted by molar-refractivity contribution is -0.137. The first-order valence-electron chi connectivity index (χ1n) is 10.7. The van der Waals surface area contributed by atoms with Gasteiger partial charge in [0, 0.05) is 44.3 Å². The van der Waals surface area contributed by atoms with Gasteiger partial charge in [0.1, 0.15) is 11.3 Å². The van der Waals surface area contributed by atoms with Crippen LogP contribution < -0.4 is 15.5 Å². The number of piperidine rings is 2. The molecule has 2 aliphatic rings. The first-order chi connectivity index (χ1) is 15.8. The number of hydrogen-bond donors (Lipinski definition) is 2. The molecule has 0 aliphatic carbocycles. The maximum absolute atomic E-state index is 12.7. The Balaban J connectivity index is 1.19. The third-order valence-electron chi connectivity index (χ3n) is 5.96. The number of nitrogens with one attached hydrogen (secondary N) is 2. The largest absolute Gasteiger partial charge is 0.417 e. The lowest BCUT2D eigenvalue weighted by Gasteiger charge is -2.36. The minimum absolute atomic E-state index is 0.0124. The van der Waals surface area contributed by atoms with Gasteiger partial charge in [0.05, 0.1) is 5.56 Å². The third-order valence-corrected chi connectivity index (χ3v) is 6.57. The number of carbonyl (C=O) groups is 2. The molecule has 2 aromatic heterocycles. The molecule has 0 spiro atoms. The number of anilines is 2. The van der Waals surface area contributed by atoms with Crippen molar-refractivity contribution in [3.8, 4) is 0 Å². The number of nitrogens with zero attached hydrogens (tertiary/aromatic N) is 5. The summed E-state index contributed by atoms with van der Waals surface area (Å²) in [7, 11) is 0. The second-order valence-corrected chi connectivity index (χ2v) is 8.94. The van der Waals surface area contributed by atoms with E-state index in [2.05, 4.69) is 25.8 Å². The molecule has 178 valence electrons. The third kappa shape index (κ3) is 5.89. The van der Waals surface area contributed by atoms with Gasteiger partial charge >= 0.3 is 12.2 Å². The fraction of sp³-hybridized carbons (Fsp3) is 0.550. The standard InChI is InChI=1S/C20H24F3N7O2S/c21-20(22,23)14-1-2-16(24-11-14)29-9-5-15(6-10-29)26-19(32)30-7-3-13(4-8-30)17(31)27-18-28-25-12-33-18/h1-2,11-13,15H,3-10H2,(H,26,32)(H,27,28,31). The molecule has 2 saturated heterocycles. The fourth-order valence-corrected chi connectivity index (χ4v) is 4.49. The van der Waals surface area contributed by atoms with Gasteiger partial charge in [-0.3, -0.25) is 4.79 Å². The van der Waals surface area contributed by atoms with Crippen molar-refractivity contribution in [3.63, 3.8) is 0 Å². The molecule has 2 aliphatic heterocycles. The van der Waals surface area contributed by atoms with Crippen LogP contribution in [-0.2, 0) is 11.0 Å². The van der Waals surface area contributed by atoms with Crippen LogP contribution in [0.5, 0.6) is 0 Å². The van der Waals surface area contributed by atoms with Crippen LogP contribution in [0.4, 0.5) is 28.9 Å². The summed E-state index contributed by atoms with van der Waals surface area (Å²) in [6, 6.07) is 2.26. The van der Waals surface area contributed by atoms with Gasteiger partial charge in [0.15, 0.2) is 0 Å². The fourth-order valence-electron chi connectivity index (χ4n) is 4.04. The van der Waals surface area contributed by atoms with Gasteiger partial charge in [-0.15, -0.1) is 10.2 Å². The molecule has 2 aromatic rings. The first kappa shape index (κ1) is 23.2. The van der Waals surface area contributed by atoms with E-state index in [4.69, 9.17) is 0 Å². The molecule has 0 saturated carbocycles. The Morgan fingerprint density at radius 2 is 1.79 bits per heavy atom. The highest BCUT2D eigenvalue weighted by molar-refractivity contribution is 7.13. The van der Waals surface area contributed by atoms with Crippen LogP contribution in [0.3, 0.4) is 0 Å². The monoisotopic (exact) mass is 483 g/mol. The SMILES string of the molecule is O=C(Nc1nncs1)C1CCN(C(=O)NC2CCN(c3ccc(C(F)(F)F)cn3)CC2)CC1. The zero-order valence-corrected chi connectivity index (χ0v) is 18.5. The number of urea groups is 1. The van der Waals surface area contributed by atoms with Crippen LogP contribution in [0.1, 0.15) is 31.2 Å². The number of alkyl halides is 3. The number of likely N-dealkylation sites (tertiary alicyclic amines) is 1. The first-order valence-corrected chi connectivity index (χ1v) is 11.6. The summed E-state index contributed by atoms with van der Waals surface area (Å²) >= 11 is 1.26. The van der Waals surface area contributed by atoms with Crippen LogP contribution in [0.15, 0.2) is 23.8 Å². The second kappa shape index (κ2) is 9.89. The van der Waals surface area contributed by atoms with Gasteiger partial charge in [-0.25, -0.2) is 9.78 Å². The Labute approximate surface area is 192 Å². The molecular formula is C20H24F3N7O2S. The van der Waals surface area contributed by atoms with E-state index < -0.39 is 11.7 Å². The average Bonchev–Trinajstić information content (AvgIpc) is 3.32. The molecule has 0 unspecified atom stereocenters. The van der Waals surface area contributed by atoms with Crippen LogP contribution >= 0.6 is 11.3 Å². The molecule has 3 amide bonds. The number of rotatable bonds is 4. The van der Waals surface area contributed by atoms with Gasteiger partial charge in [-0.2, -0.15) is 13.2 Å². The van der Waals surface area contributed by atoms with E-state index in [0.29, 0.717) is 62.8 Å². The lowest BCUT2D eigenvalue weighted by Crippen LogP contribution is -2.51. The van der Waals surface area contributed by atoms with Crippen molar-refractivity contribution in [2.24, 2.45) is 5.92 Å². The minimum atomic E-state index is -4.40. The van der Waals surface area contributed by atoms with Crippen molar-refractivity contribution in [3.05, 3.63) is 29.4 Å². The van der Waals surface area contributed by atoms with Crippen molar-refractivity contribution in [1.82, 2.24) is 25.4 Å². The Morgan fingerprint density at radius 1 is 1.06 bits per heavy atom. The summed E-state index contributed by atoms with van der Waals surface area (Å²) in [6.07, 6.45) is -1.04. The highest BCUT2D eigenvalue weighted by atomic mass is 32.1. The van der Waals surface area contributed by atoms with E-state index in [1.54, 1.807) is 10.4 Å². The van der Waals surface area contributed by atoms with Crippen LogP contribution in [0.25, 0.3) is 0 Å². The van der Waals surface area contributed by atoms with E-state index in [1.165, 1.54) is 17.4 Å². The molecule has 4 rings (SSSR count). The lowest BCUT2D eigenvalue weighted by atomic mass is 9.96. The predicted octanol–water partition coefficient (Wildman–Crippen LogP) is 2.98. The highest BCUT2D eigenvalue weighted by Gasteiger charge is 2.32. The summed E-state index contributed by atoms with van der Waals surface area (Å²) in [5.74, 6) is 0.232.